The second kappa shape index (κ2) is 12.2. The number of carbonyl (C=O) groups is 2. The lowest BCUT2D eigenvalue weighted by molar-refractivity contribution is -0.116. The topological polar surface area (TPSA) is 95.1 Å². The van der Waals surface area contributed by atoms with E-state index in [1.54, 1.807) is 31.4 Å². The number of anilines is 2. The molecule has 156 valence electrons. The van der Waals surface area contributed by atoms with Gasteiger partial charge in [0.25, 0.3) is 0 Å². The van der Waals surface area contributed by atoms with Crippen molar-refractivity contribution < 1.29 is 28.5 Å². The number of nitrogens with one attached hydrogen (secondary N) is 2. The van der Waals surface area contributed by atoms with Gasteiger partial charge < -0.3 is 24.3 Å². The number of carbonyl (C=O) groups excluding carboxylic acids is 2. The van der Waals surface area contributed by atoms with Gasteiger partial charge in [-0.15, -0.1) is 0 Å². The number of benzene rings is 2. The zero-order valence-corrected chi connectivity index (χ0v) is 16.6. The Kier molecular flexibility index (Phi) is 9.31. The third-order valence-electron chi connectivity index (χ3n) is 3.79. The Morgan fingerprint density at radius 1 is 0.862 bits per heavy atom. The van der Waals surface area contributed by atoms with Crippen LogP contribution in [-0.2, 0) is 14.3 Å². The van der Waals surface area contributed by atoms with Gasteiger partial charge in [0, 0.05) is 24.9 Å². The van der Waals surface area contributed by atoms with E-state index in [0.717, 1.165) is 11.5 Å². The lowest BCUT2D eigenvalue weighted by atomic mass is 10.2. The fourth-order valence-electron chi connectivity index (χ4n) is 2.36. The predicted octanol–water partition coefficient (Wildman–Crippen LogP) is 3.69. The maximum Gasteiger partial charge on any atom is 0.411 e. The van der Waals surface area contributed by atoms with Gasteiger partial charge in [-0.1, -0.05) is 6.07 Å². The molecule has 8 heteroatoms. The lowest BCUT2D eigenvalue weighted by Gasteiger charge is -2.10. The molecule has 2 aromatic rings. The Balaban J connectivity index is 1.70. The Morgan fingerprint density at radius 3 is 2.24 bits per heavy atom. The molecule has 0 unspecified atom stereocenters. The summed E-state index contributed by atoms with van der Waals surface area (Å²) in [6.45, 7) is 0.914. The molecule has 2 rings (SSSR count). The highest BCUT2D eigenvalue weighted by atomic mass is 16.6. The van der Waals surface area contributed by atoms with E-state index >= 15 is 0 Å². The van der Waals surface area contributed by atoms with Gasteiger partial charge in [0.2, 0.25) is 5.91 Å². The van der Waals surface area contributed by atoms with Crippen LogP contribution in [-0.4, -0.2) is 46.0 Å². The van der Waals surface area contributed by atoms with Gasteiger partial charge in [0.1, 0.15) is 18.1 Å². The number of hydrogen-bond donors (Lipinski definition) is 2. The zero-order valence-electron chi connectivity index (χ0n) is 16.6. The van der Waals surface area contributed by atoms with Crippen molar-refractivity contribution in [3.05, 3.63) is 48.5 Å². The van der Waals surface area contributed by atoms with Crippen LogP contribution in [0, 0.1) is 0 Å². The lowest BCUT2D eigenvalue weighted by Crippen LogP contribution is -2.17. The fraction of sp³-hybridized carbons (Fsp3) is 0.333. The van der Waals surface area contributed by atoms with Crippen molar-refractivity contribution in [1.82, 2.24) is 0 Å². The number of methoxy groups -OCH3 is 2. The Labute approximate surface area is 170 Å². The summed E-state index contributed by atoms with van der Waals surface area (Å²) in [5, 5.41) is 5.39. The third-order valence-corrected chi connectivity index (χ3v) is 3.79. The van der Waals surface area contributed by atoms with E-state index in [1.165, 1.54) is 7.11 Å². The standard InChI is InChI=1S/C21H26N2O6/c1-26-13-14-29-21(25)23-17-6-3-5-16(15-17)22-20(24)7-4-12-28-19-10-8-18(27-2)9-11-19/h3,5-6,8-11,15H,4,7,12-14H2,1-2H3,(H,22,24)(H,23,25). The minimum Gasteiger partial charge on any atom is -0.497 e. The minimum atomic E-state index is -0.582. The fourth-order valence-corrected chi connectivity index (χ4v) is 2.36. The Bertz CT molecular complexity index is 779. The molecule has 0 saturated heterocycles. The number of hydrogen-bond acceptors (Lipinski definition) is 6. The van der Waals surface area contributed by atoms with Gasteiger partial charge in [-0.05, 0) is 48.9 Å². The van der Waals surface area contributed by atoms with E-state index in [9.17, 15) is 9.59 Å². The summed E-state index contributed by atoms with van der Waals surface area (Å²) in [4.78, 5) is 23.8. The van der Waals surface area contributed by atoms with Gasteiger partial charge in [-0.3, -0.25) is 10.1 Å². The monoisotopic (exact) mass is 402 g/mol. The van der Waals surface area contributed by atoms with E-state index in [0.29, 0.717) is 37.4 Å². The molecule has 8 nitrogen and oxygen atoms in total. The molecule has 0 atom stereocenters. The first kappa shape index (κ1) is 22.0. The van der Waals surface area contributed by atoms with Gasteiger partial charge >= 0.3 is 6.09 Å². The Hall–Kier alpha value is -3.26. The summed E-state index contributed by atoms with van der Waals surface area (Å²) in [6, 6.07) is 14.1. The van der Waals surface area contributed by atoms with Crippen molar-refractivity contribution >= 4 is 23.4 Å². The molecule has 2 amide bonds. The van der Waals surface area contributed by atoms with Crippen molar-refractivity contribution in [2.24, 2.45) is 0 Å². The molecule has 0 aromatic heterocycles. The molecule has 0 aliphatic rings. The molecule has 29 heavy (non-hydrogen) atoms. The average molecular weight is 402 g/mol. The molecule has 0 spiro atoms. The molecular weight excluding hydrogens is 376 g/mol. The van der Waals surface area contributed by atoms with Crippen LogP contribution in [0.2, 0.25) is 0 Å². The van der Waals surface area contributed by atoms with Gasteiger partial charge in [-0.25, -0.2) is 4.79 Å². The van der Waals surface area contributed by atoms with Crippen molar-refractivity contribution in [2.75, 3.05) is 44.7 Å². The second-order valence-corrected chi connectivity index (χ2v) is 6.01. The highest BCUT2D eigenvalue weighted by Gasteiger charge is 2.06. The highest BCUT2D eigenvalue weighted by Crippen LogP contribution is 2.18. The number of rotatable bonds is 11. The molecule has 0 fully saturated rings. The molecule has 0 radical (unpaired) electrons. The quantitative estimate of drug-likeness (QED) is 0.557. The predicted molar refractivity (Wildman–Crippen MR) is 110 cm³/mol. The smallest absolute Gasteiger partial charge is 0.411 e. The molecule has 0 aliphatic carbocycles. The van der Waals surface area contributed by atoms with Crippen LogP contribution < -0.4 is 20.1 Å². The molecular formula is C21H26N2O6. The number of amides is 2. The molecule has 2 N–H and O–H groups in total. The average Bonchev–Trinajstić information content (AvgIpc) is 2.72. The SMILES string of the molecule is COCCOC(=O)Nc1cccc(NC(=O)CCCOc2ccc(OC)cc2)c1. The summed E-state index contributed by atoms with van der Waals surface area (Å²) >= 11 is 0. The molecule has 0 heterocycles. The summed E-state index contributed by atoms with van der Waals surface area (Å²) < 4.78 is 20.4. The van der Waals surface area contributed by atoms with Crippen LogP contribution >= 0.6 is 0 Å². The van der Waals surface area contributed by atoms with Crippen LogP contribution in [0.25, 0.3) is 0 Å². The summed E-state index contributed by atoms with van der Waals surface area (Å²) in [7, 11) is 3.13. The summed E-state index contributed by atoms with van der Waals surface area (Å²) in [5.74, 6) is 1.35. The molecule has 0 aliphatic heterocycles. The van der Waals surface area contributed by atoms with Crippen molar-refractivity contribution in [3.8, 4) is 11.5 Å². The van der Waals surface area contributed by atoms with Crippen LogP contribution in [0.5, 0.6) is 11.5 Å². The third kappa shape index (κ3) is 8.52. The molecule has 0 saturated carbocycles. The first-order chi connectivity index (χ1) is 14.1. The van der Waals surface area contributed by atoms with E-state index in [1.807, 2.05) is 24.3 Å². The van der Waals surface area contributed by atoms with Gasteiger partial charge in [0.05, 0.1) is 20.3 Å². The van der Waals surface area contributed by atoms with Gasteiger partial charge in [0.15, 0.2) is 0 Å². The van der Waals surface area contributed by atoms with E-state index in [4.69, 9.17) is 18.9 Å². The van der Waals surface area contributed by atoms with E-state index in [-0.39, 0.29) is 12.5 Å². The minimum absolute atomic E-state index is 0.136. The highest BCUT2D eigenvalue weighted by molar-refractivity contribution is 5.92. The van der Waals surface area contributed by atoms with Crippen LogP contribution in [0.1, 0.15) is 12.8 Å². The van der Waals surface area contributed by atoms with Crippen LogP contribution in [0.15, 0.2) is 48.5 Å². The second-order valence-electron chi connectivity index (χ2n) is 6.01. The number of ether oxygens (including phenoxy) is 4. The van der Waals surface area contributed by atoms with Crippen LogP contribution in [0.4, 0.5) is 16.2 Å². The first-order valence-electron chi connectivity index (χ1n) is 9.20. The molecule has 0 bridgehead atoms. The van der Waals surface area contributed by atoms with Gasteiger partial charge in [-0.2, -0.15) is 0 Å². The maximum atomic E-state index is 12.1. The first-order valence-corrected chi connectivity index (χ1v) is 9.20. The van der Waals surface area contributed by atoms with Crippen molar-refractivity contribution in [1.29, 1.82) is 0 Å². The summed E-state index contributed by atoms with van der Waals surface area (Å²) in [6.07, 6.45) is 0.301. The van der Waals surface area contributed by atoms with E-state index < -0.39 is 6.09 Å². The Morgan fingerprint density at radius 2 is 1.55 bits per heavy atom. The largest absolute Gasteiger partial charge is 0.497 e. The molecule has 2 aromatic carbocycles. The summed E-state index contributed by atoms with van der Waals surface area (Å²) in [5.41, 5.74) is 1.11. The normalized spacial score (nSPS) is 10.1. The van der Waals surface area contributed by atoms with Crippen molar-refractivity contribution in [3.63, 3.8) is 0 Å². The van der Waals surface area contributed by atoms with Crippen molar-refractivity contribution in [2.45, 2.75) is 12.8 Å². The van der Waals surface area contributed by atoms with E-state index in [2.05, 4.69) is 10.6 Å². The maximum absolute atomic E-state index is 12.1. The van der Waals surface area contributed by atoms with Crippen LogP contribution in [0.3, 0.4) is 0 Å². The zero-order chi connectivity index (χ0) is 20.9.